The summed E-state index contributed by atoms with van der Waals surface area (Å²) in [5.74, 6) is 0.852. The average Bonchev–Trinajstić information content (AvgIpc) is 3.79. The van der Waals surface area contributed by atoms with Crippen molar-refractivity contribution >= 4 is 24.1 Å². The Kier molecular flexibility index (Phi) is 14.6. The molecule has 0 spiro atoms. The monoisotopic (exact) mass is 927 g/mol. The summed E-state index contributed by atoms with van der Waals surface area (Å²) in [5, 5.41) is 17.1. The van der Waals surface area contributed by atoms with Crippen molar-refractivity contribution in [2.45, 2.75) is 95.5 Å². The molecule has 5 aliphatic heterocycles. The maximum absolute atomic E-state index is 15.4. The molecule has 4 atom stereocenters. The number of anilines is 1. The second-order valence-corrected chi connectivity index (χ2v) is 19.8. The molecule has 68 heavy (non-hydrogen) atoms. The van der Waals surface area contributed by atoms with Gasteiger partial charge in [0.1, 0.15) is 18.0 Å². The zero-order chi connectivity index (χ0) is 47.5. The maximum atomic E-state index is 15.4. The number of fused-ring (bicyclic) bond motifs is 1. The molecule has 0 radical (unpaired) electrons. The standard InChI is InChI=1S/C54H71FN10O3/c1-35-31-51(61(5)56-22-17-45(35)43-12-15-47-49(32-43)60-52(59-47)38(4)68-6)37(3)63-25-20-41(21-26-63)40-8-10-42(11-9-40)54(67)65-23-18-39(19-24-65)34-62-27-29-64(30-28-62)50-16-13-44(33-46(50)55)58-48-14-7-36(2)57-53(48)66/h8-12,15,17,22,31-33,37-39,41,48,52,56,58,60H,1-2,7,13-14,16,18-21,23-30,34H2,3-6H3,(H,57,66)/b22-17?,45-43-,51-31?. The molecule has 0 saturated carbocycles. The van der Waals surface area contributed by atoms with Crippen LogP contribution >= 0.6 is 0 Å². The number of nitrogens with zero attached hydrogens (tertiary/aromatic N) is 6. The smallest absolute Gasteiger partial charge is 0.253 e. The molecular weight excluding hydrogens is 856 g/mol. The first kappa shape index (κ1) is 47.4. The van der Waals surface area contributed by atoms with Gasteiger partial charge in [0.05, 0.1) is 28.5 Å². The van der Waals surface area contributed by atoms with Crippen molar-refractivity contribution in [1.29, 1.82) is 0 Å². The van der Waals surface area contributed by atoms with Crippen LogP contribution in [0.25, 0.3) is 6.58 Å². The second-order valence-electron chi connectivity index (χ2n) is 19.8. The Labute approximate surface area is 400 Å². The highest BCUT2D eigenvalue weighted by Gasteiger charge is 2.31. The number of amides is 2. The van der Waals surface area contributed by atoms with E-state index < -0.39 is 0 Å². The predicted molar refractivity (Wildman–Crippen MR) is 266 cm³/mol. The number of hydrogen-bond acceptors (Lipinski definition) is 9. The molecule has 4 unspecified atom stereocenters. The molecule has 1 aromatic heterocycles. The number of H-pyrrole nitrogens is 1. The fourth-order valence-electron chi connectivity index (χ4n) is 11.1. The molecule has 13 nitrogen and oxygen atoms in total. The number of allylic oxidation sites excluding steroid dienone is 5. The Hall–Kier alpha value is -5.70. The lowest BCUT2D eigenvalue weighted by Gasteiger charge is -2.41. The van der Waals surface area contributed by atoms with Crippen molar-refractivity contribution < 1.29 is 18.7 Å². The van der Waals surface area contributed by atoms with Crippen LogP contribution in [-0.4, -0.2) is 126 Å². The van der Waals surface area contributed by atoms with Gasteiger partial charge in [-0.05, 0) is 154 Å². The van der Waals surface area contributed by atoms with Gasteiger partial charge >= 0.3 is 0 Å². The average molecular weight is 927 g/mol. The van der Waals surface area contributed by atoms with Gasteiger partial charge in [-0.25, -0.2) is 4.39 Å². The van der Waals surface area contributed by atoms with Gasteiger partial charge in [-0.2, -0.15) is 0 Å². The predicted octanol–water partition coefficient (Wildman–Crippen LogP) is 6.23. The minimum absolute atomic E-state index is 0.0310. The summed E-state index contributed by atoms with van der Waals surface area (Å²) in [7, 11) is 3.78. The molecule has 4 saturated heterocycles. The van der Waals surface area contributed by atoms with Crippen molar-refractivity contribution in [2.75, 3.05) is 71.3 Å². The number of carbonyl (C=O) groups excluding carboxylic acids is 2. The summed E-state index contributed by atoms with van der Waals surface area (Å²) in [6.45, 7) is 20.7. The van der Waals surface area contributed by atoms with Gasteiger partial charge < -0.3 is 35.6 Å². The largest absolute Gasteiger partial charge is 0.378 e. The van der Waals surface area contributed by atoms with Gasteiger partial charge in [0.25, 0.3) is 5.91 Å². The number of rotatable bonds is 11. The van der Waals surface area contributed by atoms with E-state index in [-0.39, 0.29) is 42.0 Å². The molecule has 0 bridgehead atoms. The Bertz CT molecular complexity index is 2680. The van der Waals surface area contributed by atoms with Crippen molar-refractivity contribution in [2.24, 2.45) is 18.0 Å². The van der Waals surface area contributed by atoms with Crippen LogP contribution in [0.1, 0.15) is 98.8 Å². The summed E-state index contributed by atoms with van der Waals surface area (Å²) in [4.78, 5) is 40.1. The maximum Gasteiger partial charge on any atom is 0.253 e. The summed E-state index contributed by atoms with van der Waals surface area (Å²) < 4.78 is 23.0. The molecule has 6 heterocycles. The van der Waals surface area contributed by atoms with Crippen LogP contribution in [0.4, 0.5) is 10.1 Å². The van der Waals surface area contributed by atoms with Crippen LogP contribution in [0.3, 0.4) is 0 Å². The number of aromatic amines is 1. The zero-order valence-electron chi connectivity index (χ0n) is 40.5. The van der Waals surface area contributed by atoms with Crippen LogP contribution in [-0.2, 0) is 16.6 Å². The summed E-state index contributed by atoms with van der Waals surface area (Å²) in [5.41, 5.74) is 6.57. The third-order valence-electron chi connectivity index (χ3n) is 15.5. The van der Waals surface area contributed by atoms with Gasteiger partial charge in [0, 0.05) is 89.2 Å². The molecule has 9 rings (SSSR count). The second kappa shape index (κ2) is 20.9. The summed E-state index contributed by atoms with van der Waals surface area (Å²) >= 11 is 0. The molecule has 2 aromatic carbocycles. The minimum Gasteiger partial charge on any atom is -0.378 e. The van der Waals surface area contributed by atoms with E-state index in [9.17, 15) is 9.59 Å². The first-order valence-electron chi connectivity index (χ1n) is 24.9. The molecule has 6 aliphatic rings. The van der Waals surface area contributed by atoms with Crippen LogP contribution in [0.15, 0.2) is 101 Å². The topological polar surface area (TPSA) is 126 Å². The lowest BCUT2D eigenvalue weighted by molar-refractivity contribution is -0.123. The van der Waals surface area contributed by atoms with Crippen LogP contribution in [0, 0.1) is 16.4 Å². The third kappa shape index (κ3) is 10.6. The van der Waals surface area contributed by atoms with Gasteiger partial charge in [0.15, 0.2) is 0 Å². The molecule has 4 fully saturated rings. The van der Waals surface area contributed by atoms with E-state index in [0.717, 1.165) is 146 Å². The van der Waals surface area contributed by atoms with Crippen molar-refractivity contribution in [3.05, 3.63) is 134 Å². The van der Waals surface area contributed by atoms with Gasteiger partial charge in [-0.3, -0.25) is 29.1 Å². The number of methoxy groups -OCH3 is 1. The van der Waals surface area contributed by atoms with E-state index >= 15 is 4.39 Å². The minimum atomic E-state index is -0.341. The molecule has 3 aromatic rings. The van der Waals surface area contributed by atoms with Gasteiger partial charge in [-0.1, -0.05) is 31.4 Å². The number of nitrogens with one attached hydrogen (secondary N) is 4. The number of halogens is 1. The number of likely N-dealkylation sites (tertiary alicyclic amines) is 2. The number of carbonyl (C=O) groups is 2. The van der Waals surface area contributed by atoms with E-state index in [2.05, 4.69) is 110 Å². The summed E-state index contributed by atoms with van der Waals surface area (Å²) in [6.07, 6.45) is 10.3. The quantitative estimate of drug-likeness (QED) is 0.179. The first-order chi connectivity index (χ1) is 32.9. The number of benzene rings is 2. The first-order valence-corrected chi connectivity index (χ1v) is 24.9. The molecule has 14 heteroatoms. The molecule has 362 valence electrons. The molecule has 4 N–H and O–H groups in total. The highest BCUT2D eigenvalue weighted by Crippen LogP contribution is 2.33. The van der Waals surface area contributed by atoms with E-state index in [4.69, 9.17) is 9.73 Å². The van der Waals surface area contributed by atoms with Crippen LogP contribution in [0.5, 0.6) is 0 Å². The fourth-order valence-corrected chi connectivity index (χ4v) is 11.1. The highest BCUT2D eigenvalue weighted by atomic mass is 19.1. The lowest BCUT2D eigenvalue weighted by Crippen LogP contribution is -2.49. The van der Waals surface area contributed by atoms with E-state index in [1.807, 2.05) is 30.2 Å². The van der Waals surface area contributed by atoms with Gasteiger partial charge in [0.2, 0.25) is 5.91 Å². The Morgan fingerprint density at radius 3 is 2.37 bits per heavy atom. The number of ether oxygens (including phenoxy) is 1. The van der Waals surface area contributed by atoms with Gasteiger partial charge in [-0.15, -0.1) is 0 Å². The Morgan fingerprint density at radius 1 is 0.912 bits per heavy atom. The van der Waals surface area contributed by atoms with Crippen molar-refractivity contribution in [3.8, 4) is 0 Å². The Balaban J connectivity index is 0.731. The SMILES string of the molecule is C=C1CCC(NC2=CC(F)=C(N3CCN(CC4CCN(C(=O)c5ccc(C6CCN(C(C)c7cc(=C)/c(=c8/ccc9c(c8)NC(C(C)OC)N=9)cc[nH]n7C)CC6)cc5)CC4)CC3)CC2)C(=O)N1. The van der Waals surface area contributed by atoms with Crippen LogP contribution in [0.2, 0.25) is 0 Å². The van der Waals surface area contributed by atoms with E-state index in [0.29, 0.717) is 31.1 Å². The van der Waals surface area contributed by atoms with E-state index in [1.165, 1.54) is 5.56 Å². The molecular formula is C54H71FN10O3. The van der Waals surface area contributed by atoms with Crippen LogP contribution < -0.4 is 26.5 Å². The van der Waals surface area contributed by atoms with E-state index in [1.54, 1.807) is 13.2 Å². The lowest BCUT2D eigenvalue weighted by atomic mass is 9.88. The molecule has 1 aliphatic carbocycles. The fraction of sp³-hybridized carbons (Fsp3) is 0.500. The molecule has 2 amide bonds. The number of hydrogen-bond donors (Lipinski definition) is 4. The number of aromatic nitrogens is 2. The summed E-state index contributed by atoms with van der Waals surface area (Å²) in [6, 6.07) is 18.9. The van der Waals surface area contributed by atoms with Crippen molar-refractivity contribution in [1.82, 2.24) is 40.0 Å². The number of aryl methyl sites for hydroxylation is 1. The number of piperidine rings is 3. The third-order valence-corrected chi connectivity index (χ3v) is 15.5. The van der Waals surface area contributed by atoms with Crippen molar-refractivity contribution in [3.63, 3.8) is 0 Å². The number of piperazine rings is 1. The normalized spacial score (nSPS) is 23.5. The zero-order valence-corrected chi connectivity index (χ0v) is 40.5. The highest BCUT2D eigenvalue weighted by molar-refractivity contribution is 5.94. The Morgan fingerprint density at radius 2 is 1.66 bits per heavy atom.